The summed E-state index contributed by atoms with van der Waals surface area (Å²) >= 11 is 1.51. The Bertz CT molecular complexity index is 795. The number of aryl methyl sites for hydroxylation is 2. The van der Waals surface area contributed by atoms with Crippen molar-refractivity contribution in [3.05, 3.63) is 70.8 Å². The van der Waals surface area contributed by atoms with Crippen LogP contribution in [-0.2, 0) is 0 Å². The first-order chi connectivity index (χ1) is 14.4. The molecule has 1 aliphatic carbocycles. The molecule has 2 aromatic rings. The highest BCUT2D eigenvalue weighted by Gasteiger charge is 2.24. The van der Waals surface area contributed by atoms with Gasteiger partial charge >= 0.3 is 0 Å². The number of hydrogen-bond donors (Lipinski definition) is 2. The molecule has 0 aromatic heterocycles. The molecule has 5 heteroatoms. The maximum Gasteiger partial charge on any atom is 0.261 e. The standard InChI is InChI=1S/C22H26N2O2S.C3H8/c1-15-3-7-17(8-4-15)21(25)23-19-11-13-20(14-12-19)27-24-22(26)18-9-5-16(2)6-10-18;1-3-2/h3-10,19-20H,11-14H2,1-2H3,(H,23,25)(H,24,26);3H2,1-2H3. The van der Waals surface area contributed by atoms with Gasteiger partial charge in [0.2, 0.25) is 0 Å². The van der Waals surface area contributed by atoms with E-state index in [1.165, 1.54) is 18.4 Å². The van der Waals surface area contributed by atoms with Crippen LogP contribution in [0.2, 0.25) is 0 Å². The minimum absolute atomic E-state index is 0.00113. The largest absolute Gasteiger partial charge is 0.349 e. The average Bonchev–Trinajstić information content (AvgIpc) is 2.74. The summed E-state index contributed by atoms with van der Waals surface area (Å²) in [5, 5.41) is 3.53. The molecule has 1 aliphatic rings. The third kappa shape index (κ3) is 7.86. The van der Waals surface area contributed by atoms with Gasteiger partial charge in [-0.25, -0.2) is 0 Å². The fourth-order valence-electron chi connectivity index (χ4n) is 3.20. The Labute approximate surface area is 185 Å². The van der Waals surface area contributed by atoms with Gasteiger partial charge in [-0.3, -0.25) is 14.3 Å². The second-order valence-corrected chi connectivity index (χ2v) is 9.04. The first kappa shape index (κ1) is 24.0. The van der Waals surface area contributed by atoms with Crippen LogP contribution in [0.15, 0.2) is 48.5 Å². The average molecular weight is 427 g/mol. The van der Waals surface area contributed by atoms with Crippen LogP contribution in [0.1, 0.15) is 77.8 Å². The van der Waals surface area contributed by atoms with Crippen LogP contribution in [0, 0.1) is 13.8 Å². The number of nitrogens with one attached hydrogen (secondary N) is 2. The Morgan fingerprint density at radius 2 is 1.23 bits per heavy atom. The van der Waals surface area contributed by atoms with Gasteiger partial charge in [-0.1, -0.05) is 55.7 Å². The van der Waals surface area contributed by atoms with Gasteiger partial charge in [0, 0.05) is 22.4 Å². The summed E-state index contributed by atoms with van der Waals surface area (Å²) in [5.74, 6) is -0.0476. The number of carbonyl (C=O) groups is 2. The lowest BCUT2D eigenvalue weighted by atomic mass is 9.94. The Balaban J connectivity index is 0.00000101. The van der Waals surface area contributed by atoms with Gasteiger partial charge in [0.15, 0.2) is 0 Å². The van der Waals surface area contributed by atoms with Gasteiger partial charge in [0.25, 0.3) is 11.8 Å². The first-order valence-corrected chi connectivity index (χ1v) is 11.7. The van der Waals surface area contributed by atoms with Crippen molar-refractivity contribution in [2.24, 2.45) is 0 Å². The van der Waals surface area contributed by atoms with Crippen LogP contribution < -0.4 is 10.0 Å². The molecule has 2 aromatic carbocycles. The zero-order valence-electron chi connectivity index (χ0n) is 18.5. The number of carbonyl (C=O) groups excluding carboxylic acids is 2. The molecule has 1 saturated carbocycles. The molecule has 162 valence electrons. The minimum Gasteiger partial charge on any atom is -0.349 e. The first-order valence-electron chi connectivity index (χ1n) is 10.8. The molecule has 30 heavy (non-hydrogen) atoms. The normalized spacial score (nSPS) is 18.0. The van der Waals surface area contributed by atoms with E-state index in [-0.39, 0.29) is 17.9 Å². The lowest BCUT2D eigenvalue weighted by Crippen LogP contribution is -2.38. The van der Waals surface area contributed by atoms with Gasteiger partial charge in [-0.05, 0) is 75.7 Å². The zero-order chi connectivity index (χ0) is 21.9. The third-order valence-corrected chi connectivity index (χ3v) is 6.06. The van der Waals surface area contributed by atoms with Crippen molar-refractivity contribution >= 4 is 23.8 Å². The molecule has 0 bridgehead atoms. The van der Waals surface area contributed by atoms with Crippen molar-refractivity contribution in [3.8, 4) is 0 Å². The Kier molecular flexibility index (Phi) is 9.95. The highest BCUT2D eigenvalue weighted by molar-refractivity contribution is 7.98. The Morgan fingerprint density at radius 3 is 1.70 bits per heavy atom. The third-order valence-electron chi connectivity index (χ3n) is 4.96. The lowest BCUT2D eigenvalue weighted by molar-refractivity contribution is 0.0927. The van der Waals surface area contributed by atoms with E-state index >= 15 is 0 Å². The summed E-state index contributed by atoms with van der Waals surface area (Å²) < 4.78 is 2.97. The van der Waals surface area contributed by atoms with Crippen LogP contribution in [-0.4, -0.2) is 23.1 Å². The number of rotatable bonds is 5. The van der Waals surface area contributed by atoms with E-state index in [1.807, 2.05) is 62.4 Å². The molecule has 2 N–H and O–H groups in total. The molecule has 0 unspecified atom stereocenters. The predicted molar refractivity (Wildman–Crippen MR) is 127 cm³/mol. The second-order valence-electron chi connectivity index (χ2n) is 7.94. The summed E-state index contributed by atoms with van der Waals surface area (Å²) in [6.07, 6.45) is 5.10. The summed E-state index contributed by atoms with van der Waals surface area (Å²) in [6, 6.07) is 15.5. The van der Waals surface area contributed by atoms with E-state index < -0.39 is 0 Å². The summed E-state index contributed by atoms with van der Waals surface area (Å²) in [4.78, 5) is 24.5. The van der Waals surface area contributed by atoms with Crippen molar-refractivity contribution in [1.82, 2.24) is 10.0 Å². The van der Waals surface area contributed by atoms with E-state index in [0.29, 0.717) is 16.4 Å². The van der Waals surface area contributed by atoms with Crippen LogP contribution in [0.5, 0.6) is 0 Å². The highest BCUT2D eigenvalue weighted by Crippen LogP contribution is 2.27. The summed E-state index contributed by atoms with van der Waals surface area (Å²) in [7, 11) is 0. The van der Waals surface area contributed by atoms with E-state index in [0.717, 1.165) is 36.8 Å². The number of hydrogen-bond acceptors (Lipinski definition) is 3. The van der Waals surface area contributed by atoms with Crippen LogP contribution in [0.3, 0.4) is 0 Å². The molecule has 2 amide bonds. The fraction of sp³-hybridized carbons (Fsp3) is 0.440. The molecule has 0 heterocycles. The monoisotopic (exact) mass is 426 g/mol. The van der Waals surface area contributed by atoms with Crippen LogP contribution in [0.4, 0.5) is 0 Å². The number of amides is 2. The van der Waals surface area contributed by atoms with E-state index in [2.05, 4.69) is 23.9 Å². The molecule has 0 atom stereocenters. The molecular formula is C25H34N2O2S. The van der Waals surface area contributed by atoms with E-state index in [9.17, 15) is 9.59 Å². The topological polar surface area (TPSA) is 58.2 Å². The smallest absolute Gasteiger partial charge is 0.261 e. The van der Waals surface area contributed by atoms with Gasteiger partial charge < -0.3 is 5.32 Å². The maximum atomic E-state index is 12.3. The van der Waals surface area contributed by atoms with Crippen molar-refractivity contribution in [3.63, 3.8) is 0 Å². The van der Waals surface area contributed by atoms with Crippen LogP contribution in [0.25, 0.3) is 0 Å². The highest BCUT2D eigenvalue weighted by atomic mass is 32.2. The molecule has 0 spiro atoms. The number of benzene rings is 2. The van der Waals surface area contributed by atoms with Gasteiger partial charge in [-0.2, -0.15) is 0 Å². The SMILES string of the molecule is CCC.Cc1ccc(C(=O)NSC2CCC(NC(=O)c3ccc(C)cc3)CC2)cc1. The second kappa shape index (κ2) is 12.4. The molecule has 1 fully saturated rings. The maximum absolute atomic E-state index is 12.3. The van der Waals surface area contributed by atoms with Crippen molar-refractivity contribution in [1.29, 1.82) is 0 Å². The van der Waals surface area contributed by atoms with Gasteiger partial charge in [-0.15, -0.1) is 0 Å². The van der Waals surface area contributed by atoms with Crippen LogP contribution >= 0.6 is 11.9 Å². The lowest BCUT2D eigenvalue weighted by Gasteiger charge is -2.28. The molecule has 4 nitrogen and oxygen atoms in total. The van der Waals surface area contributed by atoms with Crippen molar-refractivity contribution in [2.75, 3.05) is 0 Å². The minimum atomic E-state index is -0.0465. The predicted octanol–water partition coefficient (Wildman–Crippen LogP) is 5.84. The van der Waals surface area contributed by atoms with Crippen molar-refractivity contribution in [2.45, 2.75) is 71.1 Å². The molecule has 0 aliphatic heterocycles. The summed E-state index contributed by atoms with van der Waals surface area (Å²) in [6.45, 7) is 8.27. The van der Waals surface area contributed by atoms with Gasteiger partial charge in [0.1, 0.15) is 0 Å². The van der Waals surface area contributed by atoms with Crippen molar-refractivity contribution < 1.29 is 9.59 Å². The Morgan fingerprint density at radius 1 is 0.800 bits per heavy atom. The zero-order valence-corrected chi connectivity index (χ0v) is 19.4. The molecule has 0 radical (unpaired) electrons. The van der Waals surface area contributed by atoms with Gasteiger partial charge in [0.05, 0.1) is 0 Å². The Hall–Kier alpha value is -2.27. The molecular weight excluding hydrogens is 392 g/mol. The molecule has 0 saturated heterocycles. The summed E-state index contributed by atoms with van der Waals surface area (Å²) in [5.41, 5.74) is 3.69. The van der Waals surface area contributed by atoms with E-state index in [1.54, 1.807) is 0 Å². The quantitative estimate of drug-likeness (QED) is 0.591. The van der Waals surface area contributed by atoms with E-state index in [4.69, 9.17) is 0 Å². The fourth-order valence-corrected chi connectivity index (χ4v) is 4.10. The molecule has 3 rings (SSSR count).